The van der Waals surface area contributed by atoms with E-state index in [0.717, 1.165) is 16.7 Å². The van der Waals surface area contributed by atoms with Crippen LogP contribution in [0.3, 0.4) is 0 Å². The Balaban J connectivity index is 1.43. The second-order valence-corrected chi connectivity index (χ2v) is 13.5. The van der Waals surface area contributed by atoms with E-state index in [-0.39, 0.29) is 18.2 Å². The van der Waals surface area contributed by atoms with Crippen LogP contribution in [0.5, 0.6) is 0 Å². The molecule has 0 radical (unpaired) electrons. The number of ether oxygens (including phenoxy) is 3. The van der Waals surface area contributed by atoms with Crippen LogP contribution in [-0.4, -0.2) is 69.6 Å². The maximum Gasteiger partial charge on any atom is 0.326 e. The maximum atomic E-state index is 13.8. The second kappa shape index (κ2) is 14.8. The number of carbonyl (C=O) groups is 2. The van der Waals surface area contributed by atoms with Crippen molar-refractivity contribution in [1.82, 2.24) is 9.29 Å². The van der Waals surface area contributed by atoms with E-state index in [2.05, 4.69) is 5.32 Å². The standard InChI is InChI=1S/C37H42N2O8S/c1-6-47-22-26-19-32(45-4)34(33(20-26)46-5)27-16-14-25(15-17-27)18-29(37(41)42)38-36(40)31-21-28-12-7-8-13-30(28)39(31)48(43,44)35-23(2)10-9-11-24(35)3/h7-17,19,21,29,33,43-44H,6,18,20,22H2,1-5H3,(H,38,40)(H,41,42)/t29-,33?/m0/s1. The molecule has 48 heavy (non-hydrogen) atoms. The summed E-state index contributed by atoms with van der Waals surface area (Å²) in [6.45, 7) is 6.60. The van der Waals surface area contributed by atoms with Gasteiger partial charge in [0.05, 0.1) is 30.2 Å². The predicted molar refractivity (Wildman–Crippen MR) is 187 cm³/mol. The molecule has 0 saturated carbocycles. The fourth-order valence-corrected chi connectivity index (χ4v) is 8.26. The molecular weight excluding hydrogens is 632 g/mol. The number of nitrogens with one attached hydrogen (secondary N) is 1. The summed E-state index contributed by atoms with van der Waals surface area (Å²) in [5, 5.41) is 13.4. The molecule has 0 bridgehead atoms. The van der Waals surface area contributed by atoms with Gasteiger partial charge >= 0.3 is 5.97 Å². The number of fused-ring (bicyclic) bond motifs is 1. The number of carboxylic acids is 1. The highest BCUT2D eigenvalue weighted by Crippen LogP contribution is 2.55. The molecule has 10 nitrogen and oxygen atoms in total. The van der Waals surface area contributed by atoms with Crippen molar-refractivity contribution in [3.8, 4) is 0 Å². The number of nitrogens with zero attached hydrogens (tertiary/aromatic N) is 1. The molecule has 1 aliphatic rings. The first-order chi connectivity index (χ1) is 23.0. The van der Waals surface area contributed by atoms with Crippen LogP contribution in [0, 0.1) is 13.8 Å². The minimum absolute atomic E-state index is 0.00295. The largest absolute Gasteiger partial charge is 0.496 e. The Bertz CT molecular complexity index is 1860. The van der Waals surface area contributed by atoms with Crippen molar-refractivity contribution in [2.75, 3.05) is 27.4 Å². The molecule has 3 aromatic carbocycles. The summed E-state index contributed by atoms with van der Waals surface area (Å²) < 4.78 is 41.8. The monoisotopic (exact) mass is 674 g/mol. The van der Waals surface area contributed by atoms with Gasteiger partial charge in [0.25, 0.3) is 5.91 Å². The number of para-hydroxylation sites is 1. The van der Waals surface area contributed by atoms with E-state index in [4.69, 9.17) is 14.2 Å². The molecule has 254 valence electrons. The van der Waals surface area contributed by atoms with Crippen LogP contribution in [0.25, 0.3) is 16.5 Å². The Hall–Kier alpha value is -4.39. The molecule has 4 aromatic rings. The van der Waals surface area contributed by atoms with Crippen molar-refractivity contribution < 1.29 is 38.0 Å². The highest BCUT2D eigenvalue weighted by Gasteiger charge is 2.32. The molecule has 11 heteroatoms. The lowest BCUT2D eigenvalue weighted by molar-refractivity contribution is -0.139. The van der Waals surface area contributed by atoms with Crippen molar-refractivity contribution in [3.05, 3.63) is 118 Å². The van der Waals surface area contributed by atoms with Crippen LogP contribution in [0.1, 0.15) is 46.1 Å². The molecule has 4 N–H and O–H groups in total. The number of aliphatic carboxylic acids is 1. The van der Waals surface area contributed by atoms with E-state index in [1.807, 2.05) is 43.3 Å². The molecule has 0 saturated heterocycles. The molecule has 5 rings (SSSR count). The fourth-order valence-electron chi connectivity index (χ4n) is 6.23. The van der Waals surface area contributed by atoms with Crippen LogP contribution in [0.2, 0.25) is 0 Å². The number of benzene rings is 3. The van der Waals surface area contributed by atoms with Gasteiger partial charge in [0.2, 0.25) is 0 Å². The number of methoxy groups -OCH3 is 2. The van der Waals surface area contributed by atoms with E-state index in [9.17, 15) is 23.8 Å². The van der Waals surface area contributed by atoms with Gasteiger partial charge in [-0.2, -0.15) is 0 Å². The summed E-state index contributed by atoms with van der Waals surface area (Å²) in [7, 11) is -0.481. The lowest BCUT2D eigenvalue weighted by Gasteiger charge is -2.38. The highest BCUT2D eigenvalue weighted by molar-refractivity contribution is 8.23. The molecule has 0 aliphatic heterocycles. The Morgan fingerprint density at radius 2 is 1.69 bits per heavy atom. The lowest BCUT2D eigenvalue weighted by Crippen LogP contribution is -2.43. The molecule has 1 unspecified atom stereocenters. The zero-order valence-electron chi connectivity index (χ0n) is 27.7. The fraction of sp³-hybridized carbons (Fsp3) is 0.297. The summed E-state index contributed by atoms with van der Waals surface area (Å²) in [5.41, 5.74) is 5.20. The lowest BCUT2D eigenvalue weighted by atomic mass is 9.88. The van der Waals surface area contributed by atoms with Gasteiger partial charge in [-0.15, -0.1) is 0 Å². The number of carboxylic acid groups (broad SMARTS) is 1. The van der Waals surface area contributed by atoms with Gasteiger partial charge < -0.3 is 24.6 Å². The number of allylic oxidation sites excluding steroid dienone is 1. The molecule has 1 heterocycles. The normalized spacial score (nSPS) is 16.1. The third kappa shape index (κ3) is 7.06. The number of amides is 1. The third-order valence-corrected chi connectivity index (χ3v) is 10.6. The average Bonchev–Trinajstić information content (AvgIpc) is 3.47. The Kier molecular flexibility index (Phi) is 10.8. The number of carbonyl (C=O) groups excluding carboxylic acids is 1. The van der Waals surface area contributed by atoms with Crippen LogP contribution in [0.15, 0.2) is 95.1 Å². The van der Waals surface area contributed by atoms with Gasteiger partial charge in [-0.1, -0.05) is 71.4 Å². The van der Waals surface area contributed by atoms with Crippen LogP contribution >= 0.6 is 10.8 Å². The summed E-state index contributed by atoms with van der Waals surface area (Å²) in [6, 6.07) is 20.0. The molecule has 1 aromatic heterocycles. The Labute approximate surface area is 282 Å². The summed E-state index contributed by atoms with van der Waals surface area (Å²) in [5.74, 6) is -1.29. The Morgan fingerprint density at radius 1 is 1.00 bits per heavy atom. The van der Waals surface area contributed by atoms with E-state index >= 15 is 0 Å². The summed E-state index contributed by atoms with van der Waals surface area (Å²) in [4.78, 5) is 26.6. The first-order valence-electron chi connectivity index (χ1n) is 15.7. The van der Waals surface area contributed by atoms with Gasteiger partial charge in [-0.3, -0.25) is 13.9 Å². The van der Waals surface area contributed by atoms with Crippen molar-refractivity contribution in [2.24, 2.45) is 0 Å². The van der Waals surface area contributed by atoms with Crippen LogP contribution in [-0.2, 0) is 25.4 Å². The Morgan fingerprint density at radius 3 is 2.31 bits per heavy atom. The molecule has 2 atom stereocenters. The molecule has 0 fully saturated rings. The zero-order valence-corrected chi connectivity index (χ0v) is 28.5. The van der Waals surface area contributed by atoms with Gasteiger partial charge in [-0.05, 0) is 66.8 Å². The maximum absolute atomic E-state index is 13.8. The van der Waals surface area contributed by atoms with Crippen molar-refractivity contribution in [1.29, 1.82) is 0 Å². The quantitative estimate of drug-likeness (QED) is 0.119. The number of rotatable bonds is 13. The summed E-state index contributed by atoms with van der Waals surface area (Å²) >= 11 is 0. The highest BCUT2D eigenvalue weighted by atomic mass is 32.3. The molecule has 1 aliphatic carbocycles. The second-order valence-electron chi connectivity index (χ2n) is 11.7. The zero-order chi connectivity index (χ0) is 34.6. The van der Waals surface area contributed by atoms with Crippen molar-refractivity contribution in [2.45, 2.75) is 50.7 Å². The smallest absolute Gasteiger partial charge is 0.326 e. The van der Waals surface area contributed by atoms with Gasteiger partial charge in [0, 0.05) is 37.5 Å². The first-order valence-corrected chi connectivity index (χ1v) is 17.2. The third-order valence-electron chi connectivity index (χ3n) is 8.51. The van der Waals surface area contributed by atoms with E-state index < -0.39 is 28.7 Å². The number of hydrogen-bond acceptors (Lipinski definition) is 7. The summed E-state index contributed by atoms with van der Waals surface area (Å²) in [6.07, 6.45) is 2.37. The van der Waals surface area contributed by atoms with Crippen molar-refractivity contribution in [3.63, 3.8) is 0 Å². The number of hydrogen-bond donors (Lipinski definition) is 4. The molecular formula is C37H42N2O8S. The van der Waals surface area contributed by atoms with Gasteiger partial charge in [0.1, 0.15) is 17.5 Å². The minimum Gasteiger partial charge on any atom is -0.496 e. The van der Waals surface area contributed by atoms with E-state index in [1.165, 1.54) is 3.97 Å². The van der Waals surface area contributed by atoms with E-state index in [0.29, 0.717) is 57.9 Å². The van der Waals surface area contributed by atoms with Gasteiger partial charge in [0.15, 0.2) is 0 Å². The number of aryl methyl sites for hydroxylation is 2. The first kappa shape index (κ1) is 34.9. The van der Waals surface area contributed by atoms with Crippen LogP contribution in [0.4, 0.5) is 0 Å². The average molecular weight is 675 g/mol. The molecule has 1 amide bonds. The number of aromatic nitrogens is 1. The van der Waals surface area contributed by atoms with Gasteiger partial charge in [-0.25, -0.2) is 8.77 Å². The molecule has 0 spiro atoms. The topological polar surface area (TPSA) is 139 Å². The van der Waals surface area contributed by atoms with E-state index in [1.54, 1.807) is 70.5 Å². The predicted octanol–water partition coefficient (Wildman–Crippen LogP) is 7.00. The van der Waals surface area contributed by atoms with Crippen LogP contribution < -0.4 is 5.32 Å². The van der Waals surface area contributed by atoms with Crippen molar-refractivity contribution >= 4 is 39.1 Å². The minimum atomic E-state index is -3.74. The SMILES string of the molecule is CCOCC1=CC(OC)=C(c2ccc(C[C@H](NC(=O)c3cc4ccccc4n3S(O)(O)c3c(C)cccc3C)C(=O)O)cc2)C(OC)C1.